The van der Waals surface area contributed by atoms with Crippen molar-refractivity contribution in [3.63, 3.8) is 0 Å². The van der Waals surface area contributed by atoms with E-state index in [2.05, 4.69) is 0 Å². The van der Waals surface area contributed by atoms with Crippen LogP contribution in [-0.4, -0.2) is 54.1 Å². The van der Waals surface area contributed by atoms with Crippen LogP contribution in [0.15, 0.2) is 65.3 Å². The minimum atomic E-state index is -3.60. The highest BCUT2D eigenvalue weighted by Gasteiger charge is 2.41. The molecule has 3 rings (SSSR count). The largest absolute Gasteiger partial charge is 0.508 e. The Balaban J connectivity index is 1.75. The van der Waals surface area contributed by atoms with E-state index in [9.17, 15) is 23.7 Å². The van der Waals surface area contributed by atoms with Gasteiger partial charge < -0.3 is 20.1 Å². The first-order valence-electron chi connectivity index (χ1n) is 10.3. The lowest BCUT2D eigenvalue weighted by Crippen LogP contribution is -2.29. The molecule has 2 aromatic carbocycles. The average Bonchev–Trinajstić information content (AvgIpc) is 3.02. The Kier molecular flexibility index (Phi) is 8.00. The normalized spacial score (nSPS) is 19.2. The van der Waals surface area contributed by atoms with Crippen LogP contribution in [0, 0.1) is 0 Å². The maximum absolute atomic E-state index is 12.6. The smallest absolute Gasteiger partial charge is 0.163 e. The Hall–Kier alpha value is -2.32. The van der Waals surface area contributed by atoms with Crippen LogP contribution in [0.3, 0.4) is 0 Å². The summed E-state index contributed by atoms with van der Waals surface area (Å²) in [6.07, 6.45) is 1.61. The van der Waals surface area contributed by atoms with Crippen LogP contribution in [0.5, 0.6) is 11.5 Å². The SMILES string of the molecule is C/C(=C\c1ccc(O)cc1Cl)CC[C@@H](O)C1=C(COc2ccccc2)CS(=O)(=O)[C@H]1CO. The fraction of sp³-hybridized carbons (Fsp3) is 0.333. The Bertz CT molecular complexity index is 1110. The second-order valence-corrected chi connectivity index (χ2v) is 10.5. The highest BCUT2D eigenvalue weighted by atomic mass is 35.5. The number of hydrogen-bond acceptors (Lipinski definition) is 6. The summed E-state index contributed by atoms with van der Waals surface area (Å²) in [5.74, 6) is 0.438. The van der Waals surface area contributed by atoms with Crippen molar-refractivity contribution >= 4 is 27.5 Å². The van der Waals surface area contributed by atoms with Crippen molar-refractivity contribution in [3.8, 4) is 11.5 Å². The fourth-order valence-corrected chi connectivity index (χ4v) is 5.92. The van der Waals surface area contributed by atoms with E-state index in [1.165, 1.54) is 6.07 Å². The van der Waals surface area contributed by atoms with E-state index in [1.807, 2.05) is 31.2 Å². The van der Waals surface area contributed by atoms with Crippen LogP contribution >= 0.6 is 11.6 Å². The number of benzene rings is 2. The quantitative estimate of drug-likeness (QED) is 0.474. The molecule has 0 spiro atoms. The molecule has 0 saturated heterocycles. The van der Waals surface area contributed by atoms with Crippen LogP contribution in [0.2, 0.25) is 5.02 Å². The molecule has 1 heterocycles. The lowest BCUT2D eigenvalue weighted by atomic mass is 9.95. The second-order valence-electron chi connectivity index (χ2n) is 7.89. The first-order valence-corrected chi connectivity index (χ1v) is 12.4. The number of para-hydroxylation sites is 1. The van der Waals surface area contributed by atoms with Gasteiger partial charge in [-0.3, -0.25) is 0 Å². The molecule has 2 atom stereocenters. The number of allylic oxidation sites excluding steroid dienone is 1. The zero-order valence-corrected chi connectivity index (χ0v) is 19.3. The van der Waals surface area contributed by atoms with Gasteiger partial charge in [-0.1, -0.05) is 41.4 Å². The van der Waals surface area contributed by atoms with Crippen molar-refractivity contribution < 1.29 is 28.5 Å². The molecule has 0 bridgehead atoms. The van der Waals surface area contributed by atoms with Gasteiger partial charge >= 0.3 is 0 Å². The summed E-state index contributed by atoms with van der Waals surface area (Å²) in [6, 6.07) is 13.7. The molecular formula is C24H27ClO6S. The van der Waals surface area contributed by atoms with Crippen LogP contribution in [0.25, 0.3) is 6.08 Å². The van der Waals surface area contributed by atoms with Gasteiger partial charge in [-0.05, 0) is 66.8 Å². The molecule has 2 aromatic rings. The molecular weight excluding hydrogens is 452 g/mol. The second kappa shape index (κ2) is 10.5. The third kappa shape index (κ3) is 5.92. The average molecular weight is 479 g/mol. The van der Waals surface area contributed by atoms with Gasteiger partial charge in [0.05, 0.1) is 23.5 Å². The monoisotopic (exact) mass is 478 g/mol. The van der Waals surface area contributed by atoms with Gasteiger partial charge in [-0.25, -0.2) is 8.42 Å². The molecule has 6 nitrogen and oxygen atoms in total. The molecule has 8 heteroatoms. The lowest BCUT2D eigenvalue weighted by Gasteiger charge is -2.19. The number of rotatable bonds is 9. The van der Waals surface area contributed by atoms with E-state index >= 15 is 0 Å². The van der Waals surface area contributed by atoms with Gasteiger partial charge in [0.15, 0.2) is 9.84 Å². The van der Waals surface area contributed by atoms with Crippen LogP contribution < -0.4 is 4.74 Å². The minimum absolute atomic E-state index is 0.0318. The number of aromatic hydroxyl groups is 1. The fourth-order valence-electron chi connectivity index (χ4n) is 3.81. The van der Waals surface area contributed by atoms with Gasteiger partial charge in [-0.2, -0.15) is 0 Å². The zero-order chi connectivity index (χ0) is 23.3. The van der Waals surface area contributed by atoms with Crippen molar-refractivity contribution in [1.29, 1.82) is 0 Å². The van der Waals surface area contributed by atoms with Crippen molar-refractivity contribution in [2.24, 2.45) is 0 Å². The van der Waals surface area contributed by atoms with Gasteiger partial charge in [0, 0.05) is 0 Å². The number of phenolic OH excluding ortho intramolecular Hbond substituents is 1. The highest BCUT2D eigenvalue weighted by Crippen LogP contribution is 2.33. The standard InChI is InChI=1S/C24H27ClO6S/c1-16(11-17-8-9-19(27)12-21(17)25)7-10-22(28)24-18(15-32(29,30)23(24)13-26)14-31-20-5-3-2-4-6-20/h2-6,8-9,11-12,22-23,26-28H,7,10,13-15H2,1H3/b16-11+/t22-,23+/m1/s1. The predicted molar refractivity (Wildman–Crippen MR) is 126 cm³/mol. The maximum atomic E-state index is 12.6. The van der Waals surface area contributed by atoms with Gasteiger partial charge in [0.1, 0.15) is 23.4 Å². The molecule has 0 saturated carbocycles. The van der Waals surface area contributed by atoms with Gasteiger partial charge in [-0.15, -0.1) is 0 Å². The summed E-state index contributed by atoms with van der Waals surface area (Å²) in [5, 5.41) is 29.4. The molecule has 0 amide bonds. The Morgan fingerprint density at radius 2 is 1.97 bits per heavy atom. The molecule has 3 N–H and O–H groups in total. The van der Waals surface area contributed by atoms with Crippen molar-refractivity contribution in [1.82, 2.24) is 0 Å². The summed E-state index contributed by atoms with van der Waals surface area (Å²) in [5.41, 5.74) is 2.49. The highest BCUT2D eigenvalue weighted by molar-refractivity contribution is 7.92. The van der Waals surface area contributed by atoms with E-state index in [4.69, 9.17) is 16.3 Å². The van der Waals surface area contributed by atoms with E-state index in [1.54, 1.807) is 24.3 Å². The number of hydrogen-bond donors (Lipinski definition) is 3. The van der Waals surface area contributed by atoms with E-state index in [0.29, 0.717) is 28.3 Å². The van der Waals surface area contributed by atoms with Gasteiger partial charge in [0.2, 0.25) is 0 Å². The van der Waals surface area contributed by atoms with Crippen molar-refractivity contribution in [2.75, 3.05) is 19.0 Å². The van der Waals surface area contributed by atoms with Crippen LogP contribution in [0.4, 0.5) is 0 Å². The number of aliphatic hydroxyl groups is 2. The number of halogens is 1. The van der Waals surface area contributed by atoms with Crippen molar-refractivity contribution in [3.05, 3.63) is 75.8 Å². The predicted octanol–water partition coefficient (Wildman–Crippen LogP) is 3.75. The summed E-state index contributed by atoms with van der Waals surface area (Å²) in [7, 11) is -3.60. The molecule has 0 radical (unpaired) electrons. The van der Waals surface area contributed by atoms with Gasteiger partial charge in [0.25, 0.3) is 0 Å². The summed E-state index contributed by atoms with van der Waals surface area (Å²) >= 11 is 6.14. The van der Waals surface area contributed by atoms with Crippen LogP contribution in [0.1, 0.15) is 25.3 Å². The summed E-state index contributed by atoms with van der Waals surface area (Å²) in [4.78, 5) is 0. The molecule has 0 unspecified atom stereocenters. The molecule has 0 fully saturated rings. The number of phenols is 1. The van der Waals surface area contributed by atoms with E-state index in [-0.39, 0.29) is 24.5 Å². The molecule has 0 aromatic heterocycles. The first-order chi connectivity index (χ1) is 15.2. The molecule has 172 valence electrons. The van der Waals surface area contributed by atoms with E-state index in [0.717, 1.165) is 11.1 Å². The summed E-state index contributed by atoms with van der Waals surface area (Å²) in [6.45, 7) is 1.34. The number of ether oxygens (including phenoxy) is 1. The lowest BCUT2D eigenvalue weighted by molar-refractivity contribution is 0.187. The molecule has 1 aliphatic rings. The summed E-state index contributed by atoms with van der Waals surface area (Å²) < 4.78 is 30.8. The first kappa shape index (κ1) is 24.3. The Morgan fingerprint density at radius 1 is 1.25 bits per heavy atom. The number of sulfone groups is 1. The maximum Gasteiger partial charge on any atom is 0.163 e. The van der Waals surface area contributed by atoms with Crippen molar-refractivity contribution in [2.45, 2.75) is 31.1 Å². The zero-order valence-electron chi connectivity index (χ0n) is 17.7. The Morgan fingerprint density at radius 3 is 2.62 bits per heavy atom. The number of aliphatic hydroxyl groups excluding tert-OH is 2. The Labute approximate surface area is 193 Å². The minimum Gasteiger partial charge on any atom is -0.508 e. The topological polar surface area (TPSA) is 104 Å². The van der Waals surface area contributed by atoms with Crippen LogP contribution in [-0.2, 0) is 9.84 Å². The molecule has 1 aliphatic heterocycles. The van der Waals surface area contributed by atoms with E-state index < -0.39 is 27.8 Å². The molecule has 0 aliphatic carbocycles. The molecule has 32 heavy (non-hydrogen) atoms. The third-order valence-corrected chi connectivity index (χ3v) is 7.79. The third-order valence-electron chi connectivity index (χ3n) is 5.44.